The number of benzene rings is 2. The maximum atomic E-state index is 9.75. The topological polar surface area (TPSA) is 38.7 Å². The number of aliphatic hydroxyl groups is 1. The third kappa shape index (κ3) is 2.49. The van der Waals surface area contributed by atoms with E-state index in [-0.39, 0.29) is 5.92 Å². The van der Waals surface area contributed by atoms with Gasteiger partial charge >= 0.3 is 0 Å². The van der Waals surface area contributed by atoms with Crippen LogP contribution >= 0.6 is 0 Å². The molecule has 0 amide bonds. The van der Waals surface area contributed by atoms with E-state index in [1.807, 2.05) is 42.5 Å². The number of para-hydroxylation sites is 2. The van der Waals surface area contributed by atoms with Crippen molar-refractivity contribution in [3.8, 4) is 11.5 Å². The van der Waals surface area contributed by atoms with E-state index in [1.54, 1.807) is 6.92 Å². The minimum absolute atomic E-state index is 0.244. The maximum absolute atomic E-state index is 9.75. The van der Waals surface area contributed by atoms with Crippen molar-refractivity contribution in [2.75, 3.05) is 13.2 Å². The minimum atomic E-state index is -0.529. The zero-order valence-corrected chi connectivity index (χ0v) is 11.5. The average molecular weight is 270 g/mol. The molecular weight excluding hydrogens is 252 g/mol. The molecule has 2 atom stereocenters. The summed E-state index contributed by atoms with van der Waals surface area (Å²) in [4.78, 5) is 0. The fourth-order valence-electron chi connectivity index (χ4n) is 2.51. The number of rotatable bonds is 4. The van der Waals surface area contributed by atoms with Crippen molar-refractivity contribution < 1.29 is 14.6 Å². The standard InChI is InChI=1S/C17H18O3/c1-12(18)14-6-2-4-8-16(14)19-10-13-11-20-17-9-5-3-7-15(13)17/h2-9,12-13,18H,10-11H2,1H3. The molecule has 1 N–H and O–H groups in total. The summed E-state index contributed by atoms with van der Waals surface area (Å²) < 4.78 is 11.5. The van der Waals surface area contributed by atoms with E-state index in [4.69, 9.17) is 9.47 Å². The summed E-state index contributed by atoms with van der Waals surface area (Å²) in [6, 6.07) is 15.7. The molecule has 0 radical (unpaired) electrons. The maximum Gasteiger partial charge on any atom is 0.125 e. The lowest BCUT2D eigenvalue weighted by atomic mass is 10.0. The van der Waals surface area contributed by atoms with E-state index >= 15 is 0 Å². The highest BCUT2D eigenvalue weighted by atomic mass is 16.5. The highest BCUT2D eigenvalue weighted by molar-refractivity contribution is 5.40. The predicted octanol–water partition coefficient (Wildman–Crippen LogP) is 3.29. The van der Waals surface area contributed by atoms with Crippen molar-refractivity contribution in [3.63, 3.8) is 0 Å². The van der Waals surface area contributed by atoms with Crippen molar-refractivity contribution in [2.24, 2.45) is 0 Å². The van der Waals surface area contributed by atoms with Crippen molar-refractivity contribution in [3.05, 3.63) is 59.7 Å². The van der Waals surface area contributed by atoms with Crippen LogP contribution in [0.2, 0.25) is 0 Å². The van der Waals surface area contributed by atoms with Gasteiger partial charge in [-0.1, -0.05) is 36.4 Å². The Bertz CT molecular complexity index is 592. The molecule has 20 heavy (non-hydrogen) atoms. The second-order valence-electron chi connectivity index (χ2n) is 5.07. The van der Waals surface area contributed by atoms with Crippen molar-refractivity contribution in [2.45, 2.75) is 18.9 Å². The van der Waals surface area contributed by atoms with Crippen LogP contribution in [0.25, 0.3) is 0 Å². The van der Waals surface area contributed by atoms with Crippen LogP contribution < -0.4 is 9.47 Å². The molecule has 0 aliphatic carbocycles. The van der Waals surface area contributed by atoms with Gasteiger partial charge in [-0.15, -0.1) is 0 Å². The third-order valence-corrected chi connectivity index (χ3v) is 3.61. The second kappa shape index (κ2) is 5.55. The Balaban J connectivity index is 1.72. The van der Waals surface area contributed by atoms with E-state index in [1.165, 1.54) is 5.56 Å². The van der Waals surface area contributed by atoms with Gasteiger partial charge < -0.3 is 14.6 Å². The van der Waals surface area contributed by atoms with E-state index in [2.05, 4.69) is 6.07 Å². The highest BCUT2D eigenvalue weighted by Crippen LogP contribution is 2.34. The van der Waals surface area contributed by atoms with Gasteiger partial charge in [0.15, 0.2) is 0 Å². The summed E-state index contributed by atoms with van der Waals surface area (Å²) in [5.41, 5.74) is 2.02. The average Bonchev–Trinajstić information content (AvgIpc) is 2.88. The number of aliphatic hydroxyl groups excluding tert-OH is 1. The zero-order valence-electron chi connectivity index (χ0n) is 11.5. The van der Waals surface area contributed by atoms with Crippen molar-refractivity contribution >= 4 is 0 Å². The molecule has 0 saturated heterocycles. The van der Waals surface area contributed by atoms with Crippen LogP contribution in [-0.2, 0) is 0 Å². The molecular formula is C17H18O3. The molecule has 104 valence electrons. The smallest absolute Gasteiger partial charge is 0.125 e. The van der Waals surface area contributed by atoms with Crippen LogP contribution in [0.1, 0.15) is 30.1 Å². The van der Waals surface area contributed by atoms with Gasteiger partial charge in [-0.2, -0.15) is 0 Å². The minimum Gasteiger partial charge on any atom is -0.493 e. The Labute approximate surface area is 118 Å². The first-order valence-electron chi connectivity index (χ1n) is 6.87. The molecule has 0 bridgehead atoms. The fraction of sp³-hybridized carbons (Fsp3) is 0.294. The van der Waals surface area contributed by atoms with Crippen molar-refractivity contribution in [1.82, 2.24) is 0 Å². The Hall–Kier alpha value is -2.00. The molecule has 2 aromatic carbocycles. The van der Waals surface area contributed by atoms with Crippen molar-refractivity contribution in [1.29, 1.82) is 0 Å². The molecule has 2 aromatic rings. The van der Waals surface area contributed by atoms with Crippen LogP contribution in [0.4, 0.5) is 0 Å². The fourth-order valence-corrected chi connectivity index (χ4v) is 2.51. The summed E-state index contributed by atoms with van der Waals surface area (Å²) in [5.74, 6) is 1.94. The van der Waals surface area contributed by atoms with Gasteiger partial charge in [0.25, 0.3) is 0 Å². The van der Waals surface area contributed by atoms with E-state index in [0.717, 1.165) is 17.1 Å². The summed E-state index contributed by atoms with van der Waals surface area (Å²) in [5, 5.41) is 9.75. The normalized spacial score (nSPS) is 18.2. The van der Waals surface area contributed by atoms with Gasteiger partial charge in [-0.3, -0.25) is 0 Å². The molecule has 1 heterocycles. The quantitative estimate of drug-likeness (QED) is 0.926. The predicted molar refractivity (Wildman–Crippen MR) is 77.2 cm³/mol. The Morgan fingerprint density at radius 1 is 1.20 bits per heavy atom. The van der Waals surface area contributed by atoms with Gasteiger partial charge in [0.05, 0.1) is 25.2 Å². The molecule has 0 fully saturated rings. The Morgan fingerprint density at radius 3 is 2.80 bits per heavy atom. The first-order valence-corrected chi connectivity index (χ1v) is 6.87. The lowest BCUT2D eigenvalue weighted by molar-refractivity contribution is 0.187. The molecule has 3 rings (SSSR count). The van der Waals surface area contributed by atoms with Gasteiger partial charge in [-0.25, -0.2) is 0 Å². The van der Waals surface area contributed by atoms with E-state index in [9.17, 15) is 5.11 Å². The molecule has 3 nitrogen and oxygen atoms in total. The molecule has 0 saturated carbocycles. The van der Waals surface area contributed by atoms with Crippen LogP contribution in [0.15, 0.2) is 48.5 Å². The van der Waals surface area contributed by atoms with E-state index < -0.39 is 6.10 Å². The lowest BCUT2D eigenvalue weighted by Gasteiger charge is -2.15. The number of fused-ring (bicyclic) bond motifs is 1. The molecule has 3 heteroatoms. The van der Waals surface area contributed by atoms with Gasteiger partial charge in [-0.05, 0) is 19.1 Å². The number of hydrogen-bond donors (Lipinski definition) is 1. The Kier molecular flexibility index (Phi) is 3.61. The lowest BCUT2D eigenvalue weighted by Crippen LogP contribution is -2.12. The zero-order chi connectivity index (χ0) is 13.9. The summed E-state index contributed by atoms with van der Waals surface area (Å²) >= 11 is 0. The SMILES string of the molecule is CC(O)c1ccccc1OCC1COc2ccccc21. The van der Waals surface area contributed by atoms with Gasteiger partial charge in [0, 0.05) is 11.1 Å². The van der Waals surface area contributed by atoms with Crippen LogP contribution in [0.5, 0.6) is 11.5 Å². The summed E-state index contributed by atoms with van der Waals surface area (Å²) in [6.45, 7) is 2.95. The molecule has 0 spiro atoms. The second-order valence-corrected chi connectivity index (χ2v) is 5.07. The largest absolute Gasteiger partial charge is 0.493 e. The van der Waals surface area contributed by atoms with Gasteiger partial charge in [0.2, 0.25) is 0 Å². The molecule has 1 aliphatic heterocycles. The molecule has 1 aliphatic rings. The van der Waals surface area contributed by atoms with E-state index in [0.29, 0.717) is 13.2 Å². The summed E-state index contributed by atoms with van der Waals surface area (Å²) in [6.07, 6.45) is -0.529. The highest BCUT2D eigenvalue weighted by Gasteiger charge is 2.24. The molecule has 2 unspecified atom stereocenters. The van der Waals surface area contributed by atoms with Crippen LogP contribution in [-0.4, -0.2) is 18.3 Å². The first-order chi connectivity index (χ1) is 9.75. The third-order valence-electron chi connectivity index (χ3n) is 3.61. The number of ether oxygens (including phenoxy) is 2. The monoisotopic (exact) mass is 270 g/mol. The van der Waals surface area contributed by atoms with Gasteiger partial charge in [0.1, 0.15) is 11.5 Å². The summed E-state index contributed by atoms with van der Waals surface area (Å²) in [7, 11) is 0. The first kappa shape index (κ1) is 13.0. The Morgan fingerprint density at radius 2 is 1.95 bits per heavy atom. The molecule has 0 aromatic heterocycles. The van der Waals surface area contributed by atoms with Crippen LogP contribution in [0.3, 0.4) is 0 Å². The van der Waals surface area contributed by atoms with Crippen LogP contribution in [0, 0.1) is 0 Å². The number of hydrogen-bond acceptors (Lipinski definition) is 3.